The second-order valence-electron chi connectivity index (χ2n) is 5.99. The summed E-state index contributed by atoms with van der Waals surface area (Å²) in [6.07, 6.45) is -11.9. The second-order valence-corrected chi connectivity index (χ2v) is 7.89. The number of fused-ring (bicyclic) bond motifs is 1. The highest BCUT2D eigenvalue weighted by Gasteiger charge is 2.66. The van der Waals surface area contributed by atoms with Crippen molar-refractivity contribution >= 4 is 15.7 Å². The SMILES string of the molecule is O=S(=O)(CC(F)(F)F)N(Cc1cncnc1)c1ccc2c(c1)OC(F)(F)C(F)(F)O2. The zero-order chi connectivity index (χ0) is 22.4. The van der Waals surface area contributed by atoms with Crippen molar-refractivity contribution < 1.29 is 48.6 Å². The number of benzene rings is 1. The van der Waals surface area contributed by atoms with Gasteiger partial charge in [-0.15, -0.1) is 0 Å². The maximum absolute atomic E-state index is 13.4. The van der Waals surface area contributed by atoms with Crippen LogP contribution in [0.1, 0.15) is 5.56 Å². The van der Waals surface area contributed by atoms with Gasteiger partial charge in [-0.2, -0.15) is 30.7 Å². The van der Waals surface area contributed by atoms with E-state index < -0.39 is 57.9 Å². The van der Waals surface area contributed by atoms with Gasteiger partial charge in [-0.1, -0.05) is 0 Å². The number of anilines is 1. The van der Waals surface area contributed by atoms with Gasteiger partial charge in [0.1, 0.15) is 6.33 Å². The molecule has 0 atom stereocenters. The molecule has 7 nitrogen and oxygen atoms in total. The van der Waals surface area contributed by atoms with Gasteiger partial charge in [0, 0.05) is 24.0 Å². The fraction of sp³-hybridized carbons (Fsp3) is 0.333. The van der Waals surface area contributed by atoms with Gasteiger partial charge < -0.3 is 9.47 Å². The Bertz CT molecular complexity index is 1030. The van der Waals surface area contributed by atoms with Crippen LogP contribution in [0.2, 0.25) is 0 Å². The number of halogens is 7. The minimum absolute atomic E-state index is 0.0648. The van der Waals surface area contributed by atoms with E-state index in [-0.39, 0.29) is 9.87 Å². The van der Waals surface area contributed by atoms with E-state index in [1.807, 2.05) is 0 Å². The Morgan fingerprint density at radius 1 is 0.967 bits per heavy atom. The molecule has 1 aliphatic rings. The number of hydrogen-bond donors (Lipinski definition) is 0. The quantitative estimate of drug-likeness (QED) is 0.636. The molecule has 0 saturated carbocycles. The number of ether oxygens (including phenoxy) is 2. The largest absolute Gasteiger partial charge is 0.507 e. The molecule has 0 aliphatic carbocycles. The van der Waals surface area contributed by atoms with Crippen molar-refractivity contribution in [2.24, 2.45) is 0 Å². The second kappa shape index (κ2) is 7.14. The first-order chi connectivity index (χ1) is 13.7. The van der Waals surface area contributed by atoms with Crippen LogP contribution in [-0.2, 0) is 16.6 Å². The molecule has 0 fully saturated rings. The first kappa shape index (κ1) is 21.9. The Labute approximate surface area is 164 Å². The lowest BCUT2D eigenvalue weighted by Crippen LogP contribution is -2.52. The lowest BCUT2D eigenvalue weighted by molar-refractivity contribution is -0.391. The predicted octanol–water partition coefficient (Wildman–Crippen LogP) is 3.33. The molecule has 30 heavy (non-hydrogen) atoms. The van der Waals surface area contributed by atoms with Gasteiger partial charge in [0.25, 0.3) is 0 Å². The topological polar surface area (TPSA) is 81.6 Å². The summed E-state index contributed by atoms with van der Waals surface area (Å²) >= 11 is 0. The maximum Gasteiger partial charge on any atom is 0.507 e. The fourth-order valence-electron chi connectivity index (χ4n) is 2.42. The van der Waals surface area contributed by atoms with Gasteiger partial charge in [0.15, 0.2) is 17.3 Å². The van der Waals surface area contributed by atoms with E-state index in [4.69, 9.17) is 0 Å². The van der Waals surface area contributed by atoms with Crippen LogP contribution in [0, 0.1) is 0 Å². The highest BCUT2D eigenvalue weighted by atomic mass is 32.2. The summed E-state index contributed by atoms with van der Waals surface area (Å²) in [5, 5.41) is 0. The Morgan fingerprint density at radius 3 is 2.10 bits per heavy atom. The number of nitrogens with zero attached hydrogens (tertiary/aromatic N) is 3. The van der Waals surface area contributed by atoms with E-state index in [0.717, 1.165) is 24.8 Å². The molecule has 2 heterocycles. The van der Waals surface area contributed by atoms with E-state index in [1.165, 1.54) is 0 Å². The Morgan fingerprint density at radius 2 is 1.53 bits per heavy atom. The van der Waals surface area contributed by atoms with Crippen molar-refractivity contribution in [3.63, 3.8) is 0 Å². The smallest absolute Gasteiger partial charge is 0.421 e. The van der Waals surface area contributed by atoms with E-state index in [2.05, 4.69) is 19.4 Å². The molecule has 1 aliphatic heterocycles. The van der Waals surface area contributed by atoms with Crippen LogP contribution in [0.5, 0.6) is 11.5 Å². The number of aromatic nitrogens is 2. The van der Waals surface area contributed by atoms with Crippen LogP contribution >= 0.6 is 0 Å². The molecule has 0 amide bonds. The molecule has 164 valence electrons. The summed E-state index contributed by atoms with van der Waals surface area (Å²) in [6.45, 7) is -0.703. The molecule has 0 unspecified atom stereocenters. The van der Waals surface area contributed by atoms with E-state index in [1.54, 1.807) is 0 Å². The molecule has 0 N–H and O–H groups in total. The van der Waals surface area contributed by atoms with Gasteiger partial charge in [0.05, 0.1) is 12.2 Å². The normalized spacial score (nSPS) is 17.4. The monoisotopic (exact) mass is 461 g/mol. The molecule has 0 saturated heterocycles. The summed E-state index contributed by atoms with van der Waals surface area (Å²) in [6, 6.07) is 2.03. The van der Waals surface area contributed by atoms with Gasteiger partial charge in [-0.05, 0) is 12.1 Å². The van der Waals surface area contributed by atoms with Crippen molar-refractivity contribution in [2.75, 3.05) is 10.1 Å². The van der Waals surface area contributed by atoms with Crippen LogP contribution in [-0.4, -0.2) is 42.5 Å². The van der Waals surface area contributed by atoms with Crippen molar-refractivity contribution in [1.82, 2.24) is 9.97 Å². The van der Waals surface area contributed by atoms with Crippen molar-refractivity contribution in [3.05, 3.63) is 42.5 Å². The highest BCUT2D eigenvalue weighted by Crippen LogP contribution is 2.48. The molecule has 1 aromatic carbocycles. The maximum atomic E-state index is 13.4. The molecular weight excluding hydrogens is 451 g/mol. The Kier molecular flexibility index (Phi) is 5.20. The van der Waals surface area contributed by atoms with Crippen LogP contribution < -0.4 is 13.8 Å². The molecule has 3 rings (SSSR count). The van der Waals surface area contributed by atoms with E-state index in [9.17, 15) is 39.2 Å². The number of sulfonamides is 1. The third kappa shape index (κ3) is 4.49. The average Bonchev–Trinajstić information content (AvgIpc) is 2.58. The molecule has 0 radical (unpaired) electrons. The third-order valence-corrected chi connectivity index (χ3v) is 5.36. The van der Waals surface area contributed by atoms with Crippen LogP contribution in [0.4, 0.5) is 36.4 Å². The third-order valence-electron chi connectivity index (χ3n) is 3.65. The zero-order valence-electron chi connectivity index (χ0n) is 14.4. The molecule has 0 spiro atoms. The van der Waals surface area contributed by atoms with E-state index in [0.29, 0.717) is 12.1 Å². The average molecular weight is 461 g/mol. The van der Waals surface area contributed by atoms with Gasteiger partial charge in [-0.25, -0.2) is 18.4 Å². The zero-order valence-corrected chi connectivity index (χ0v) is 15.2. The minimum atomic E-state index is -5.12. The van der Waals surface area contributed by atoms with Crippen LogP contribution in [0.3, 0.4) is 0 Å². The van der Waals surface area contributed by atoms with Gasteiger partial charge in [0.2, 0.25) is 10.0 Å². The standard InChI is InChI=1S/C15H10F7N3O4S/c16-13(17,18)7-30(26,27)25(6-9-4-23-8-24-5-9)10-1-2-11-12(3-10)29-15(21,22)14(19,20)28-11/h1-5,8H,6-7H2. The van der Waals surface area contributed by atoms with Crippen molar-refractivity contribution in [2.45, 2.75) is 24.9 Å². The first-order valence-corrected chi connectivity index (χ1v) is 9.40. The van der Waals surface area contributed by atoms with Crippen LogP contribution in [0.25, 0.3) is 0 Å². The molecule has 15 heteroatoms. The summed E-state index contributed by atoms with van der Waals surface area (Å²) in [4.78, 5) is 7.22. The molecule has 2 aromatic rings. The Balaban J connectivity index is 2.04. The summed E-state index contributed by atoms with van der Waals surface area (Å²) in [5.74, 6) is -4.11. The lowest BCUT2D eigenvalue weighted by atomic mass is 10.2. The van der Waals surface area contributed by atoms with Crippen LogP contribution in [0.15, 0.2) is 36.9 Å². The fourth-order valence-corrected chi connectivity index (χ4v) is 3.77. The predicted molar refractivity (Wildman–Crippen MR) is 85.6 cm³/mol. The summed E-state index contributed by atoms with van der Waals surface area (Å²) in [5.41, 5.74) is -0.499. The first-order valence-electron chi connectivity index (χ1n) is 7.79. The lowest BCUT2D eigenvalue weighted by Gasteiger charge is -2.33. The summed E-state index contributed by atoms with van der Waals surface area (Å²) < 4.78 is 124. The molecular formula is C15H10F7N3O4S. The number of rotatable bonds is 5. The van der Waals surface area contributed by atoms with Gasteiger partial charge in [-0.3, -0.25) is 4.31 Å². The van der Waals surface area contributed by atoms with Crippen molar-refractivity contribution in [1.29, 1.82) is 0 Å². The summed E-state index contributed by atoms with van der Waals surface area (Å²) in [7, 11) is -5.09. The molecule has 1 aromatic heterocycles. The highest BCUT2D eigenvalue weighted by molar-refractivity contribution is 7.92. The number of hydrogen-bond acceptors (Lipinski definition) is 6. The van der Waals surface area contributed by atoms with E-state index >= 15 is 0 Å². The number of alkyl halides is 7. The molecule has 0 bridgehead atoms. The van der Waals surface area contributed by atoms with Gasteiger partial charge >= 0.3 is 18.4 Å². The minimum Gasteiger partial charge on any atom is -0.421 e. The van der Waals surface area contributed by atoms with Crippen molar-refractivity contribution in [3.8, 4) is 11.5 Å². The Hall–Kier alpha value is -2.84.